The zero-order valence-corrected chi connectivity index (χ0v) is 16.4. The highest BCUT2D eigenvalue weighted by Gasteiger charge is 2.26. The maximum Gasteiger partial charge on any atom is 0.241 e. The molecule has 1 saturated heterocycles. The zero-order valence-electron chi connectivity index (χ0n) is 12.4. The van der Waals surface area contributed by atoms with Gasteiger partial charge in [0.1, 0.15) is 0 Å². The summed E-state index contributed by atoms with van der Waals surface area (Å²) in [6.45, 7) is 2.92. The van der Waals surface area contributed by atoms with Gasteiger partial charge >= 0.3 is 0 Å². The number of benzene rings is 1. The summed E-state index contributed by atoms with van der Waals surface area (Å²) >= 11 is 6.61. The van der Waals surface area contributed by atoms with Crippen molar-refractivity contribution in [2.45, 2.75) is 23.8 Å². The molecule has 0 saturated carbocycles. The first-order valence-corrected chi connectivity index (χ1v) is 10.2. The van der Waals surface area contributed by atoms with Crippen LogP contribution in [0.5, 0.6) is 0 Å². The molecule has 1 aliphatic heterocycles. The fraction of sp³-hybridized carbons (Fsp3) is 0.571. The van der Waals surface area contributed by atoms with Crippen LogP contribution in [0.3, 0.4) is 0 Å². The Hall–Kier alpha value is 0.01000. The predicted octanol–water partition coefficient (Wildman–Crippen LogP) is 2.60. The van der Waals surface area contributed by atoms with E-state index in [4.69, 9.17) is 4.74 Å². The number of methoxy groups -OCH3 is 1. The molecule has 1 aliphatic rings. The molecule has 1 N–H and O–H groups in total. The Morgan fingerprint density at radius 2 is 2.18 bits per heavy atom. The SMILES string of the molecule is COCCN1CCCC1CNS(=O)(=O)c1cc(Br)ccc1Br. The van der Waals surface area contributed by atoms with Gasteiger partial charge in [0.05, 0.1) is 11.5 Å². The molecule has 0 aliphatic carbocycles. The van der Waals surface area contributed by atoms with Crippen molar-refractivity contribution in [3.05, 3.63) is 27.1 Å². The van der Waals surface area contributed by atoms with Gasteiger partial charge in [-0.3, -0.25) is 4.90 Å². The van der Waals surface area contributed by atoms with Crippen LogP contribution in [0, 0.1) is 0 Å². The average Bonchev–Trinajstić information content (AvgIpc) is 2.93. The van der Waals surface area contributed by atoms with Gasteiger partial charge in [-0.2, -0.15) is 0 Å². The van der Waals surface area contributed by atoms with Crippen LogP contribution in [0.15, 0.2) is 32.0 Å². The number of hydrogen-bond acceptors (Lipinski definition) is 4. The normalized spacial score (nSPS) is 19.7. The molecule has 0 amide bonds. The van der Waals surface area contributed by atoms with E-state index >= 15 is 0 Å². The standard InChI is InChI=1S/C14H20Br2N2O3S/c1-21-8-7-18-6-2-3-12(18)10-17-22(19,20)14-9-11(15)4-5-13(14)16/h4-5,9,12,17H,2-3,6-8,10H2,1H3. The summed E-state index contributed by atoms with van der Waals surface area (Å²) in [5, 5.41) is 0. The largest absolute Gasteiger partial charge is 0.383 e. The van der Waals surface area contributed by atoms with Gasteiger partial charge in [-0.15, -0.1) is 0 Å². The predicted molar refractivity (Wildman–Crippen MR) is 93.5 cm³/mol. The molecule has 1 heterocycles. The van der Waals surface area contributed by atoms with Crippen LogP contribution in [0.2, 0.25) is 0 Å². The topological polar surface area (TPSA) is 58.6 Å². The molecule has 0 aromatic heterocycles. The lowest BCUT2D eigenvalue weighted by Crippen LogP contribution is -2.41. The second kappa shape index (κ2) is 8.21. The number of hydrogen-bond donors (Lipinski definition) is 1. The van der Waals surface area contributed by atoms with Crippen LogP contribution in [0.4, 0.5) is 0 Å². The number of nitrogens with one attached hydrogen (secondary N) is 1. The van der Waals surface area contributed by atoms with Crippen molar-refractivity contribution < 1.29 is 13.2 Å². The lowest BCUT2D eigenvalue weighted by molar-refractivity contribution is 0.141. The van der Waals surface area contributed by atoms with E-state index in [1.165, 1.54) is 0 Å². The molecular weight excluding hydrogens is 436 g/mol. The monoisotopic (exact) mass is 454 g/mol. The average molecular weight is 456 g/mol. The van der Waals surface area contributed by atoms with Crippen molar-refractivity contribution in [2.75, 3.05) is 33.4 Å². The van der Waals surface area contributed by atoms with Gasteiger partial charge in [-0.1, -0.05) is 15.9 Å². The van der Waals surface area contributed by atoms with E-state index in [9.17, 15) is 8.42 Å². The van der Waals surface area contributed by atoms with Crippen molar-refractivity contribution >= 4 is 41.9 Å². The van der Waals surface area contributed by atoms with Crippen LogP contribution in [0.25, 0.3) is 0 Å². The van der Waals surface area contributed by atoms with Gasteiger partial charge in [0.2, 0.25) is 10.0 Å². The van der Waals surface area contributed by atoms with Crippen LogP contribution in [0.1, 0.15) is 12.8 Å². The summed E-state index contributed by atoms with van der Waals surface area (Å²) in [5.74, 6) is 0. The van der Waals surface area contributed by atoms with Crippen LogP contribution < -0.4 is 4.72 Å². The summed E-state index contributed by atoms with van der Waals surface area (Å²) in [6.07, 6.45) is 2.10. The molecule has 2 rings (SSSR count). The number of rotatable bonds is 7. The molecule has 1 aromatic rings. The number of sulfonamides is 1. The maximum atomic E-state index is 12.5. The van der Waals surface area contributed by atoms with Crippen LogP contribution >= 0.6 is 31.9 Å². The Labute approximate surface area is 148 Å². The third kappa shape index (κ3) is 4.75. The molecule has 5 nitrogen and oxygen atoms in total. The Morgan fingerprint density at radius 1 is 1.41 bits per heavy atom. The molecule has 0 bridgehead atoms. The Balaban J connectivity index is 2.02. The third-order valence-corrected chi connectivity index (χ3v) is 6.68. The first kappa shape index (κ1) is 18.4. The highest BCUT2D eigenvalue weighted by molar-refractivity contribution is 9.11. The van der Waals surface area contributed by atoms with E-state index < -0.39 is 10.0 Å². The van der Waals surface area contributed by atoms with Gasteiger partial charge in [0.25, 0.3) is 0 Å². The quantitative estimate of drug-likeness (QED) is 0.686. The van der Waals surface area contributed by atoms with Crippen molar-refractivity contribution in [3.63, 3.8) is 0 Å². The molecule has 0 radical (unpaired) electrons. The van der Waals surface area contributed by atoms with E-state index in [1.54, 1.807) is 25.3 Å². The molecule has 0 spiro atoms. The summed E-state index contributed by atoms with van der Waals surface area (Å²) < 4.78 is 34.1. The van der Waals surface area contributed by atoms with E-state index in [1.807, 2.05) is 0 Å². The summed E-state index contributed by atoms with van der Waals surface area (Å²) in [4.78, 5) is 2.53. The molecule has 1 unspecified atom stereocenters. The fourth-order valence-corrected chi connectivity index (χ4v) is 5.17. The van der Waals surface area contributed by atoms with E-state index in [-0.39, 0.29) is 10.9 Å². The van der Waals surface area contributed by atoms with Gasteiger partial charge in [0, 0.05) is 35.2 Å². The van der Waals surface area contributed by atoms with Crippen LogP contribution in [-0.2, 0) is 14.8 Å². The molecule has 22 heavy (non-hydrogen) atoms. The number of nitrogens with zero attached hydrogens (tertiary/aromatic N) is 1. The van der Waals surface area contributed by atoms with Crippen molar-refractivity contribution in [1.82, 2.24) is 9.62 Å². The molecular formula is C14H20Br2N2O3S. The number of likely N-dealkylation sites (tertiary alicyclic amines) is 1. The first-order valence-electron chi connectivity index (χ1n) is 7.12. The molecule has 1 aromatic carbocycles. The van der Waals surface area contributed by atoms with Crippen molar-refractivity contribution in [2.24, 2.45) is 0 Å². The Morgan fingerprint density at radius 3 is 2.91 bits per heavy atom. The third-order valence-electron chi connectivity index (χ3n) is 3.77. The highest BCUT2D eigenvalue weighted by atomic mass is 79.9. The van der Waals surface area contributed by atoms with E-state index in [2.05, 4.69) is 41.5 Å². The minimum atomic E-state index is -3.53. The molecule has 8 heteroatoms. The summed E-state index contributed by atoms with van der Waals surface area (Å²) in [7, 11) is -1.85. The number of halogens is 2. The van der Waals surface area contributed by atoms with Gasteiger partial charge in [-0.25, -0.2) is 13.1 Å². The summed E-state index contributed by atoms with van der Waals surface area (Å²) in [5.41, 5.74) is 0. The second-order valence-corrected chi connectivity index (χ2v) is 8.76. The molecule has 1 atom stereocenters. The second-order valence-electron chi connectivity index (χ2n) is 5.25. The highest BCUT2D eigenvalue weighted by Crippen LogP contribution is 2.26. The minimum Gasteiger partial charge on any atom is -0.383 e. The smallest absolute Gasteiger partial charge is 0.241 e. The Bertz CT molecular complexity index is 610. The lowest BCUT2D eigenvalue weighted by atomic mass is 10.2. The molecule has 124 valence electrons. The lowest BCUT2D eigenvalue weighted by Gasteiger charge is -2.24. The molecule has 1 fully saturated rings. The van der Waals surface area contributed by atoms with E-state index in [0.717, 1.165) is 30.4 Å². The van der Waals surface area contributed by atoms with Gasteiger partial charge in [0.15, 0.2) is 0 Å². The van der Waals surface area contributed by atoms with E-state index in [0.29, 0.717) is 17.6 Å². The van der Waals surface area contributed by atoms with Crippen molar-refractivity contribution in [1.29, 1.82) is 0 Å². The first-order chi connectivity index (χ1) is 10.4. The minimum absolute atomic E-state index is 0.232. The fourth-order valence-electron chi connectivity index (χ4n) is 2.60. The summed E-state index contributed by atoms with van der Waals surface area (Å²) in [6, 6.07) is 5.35. The maximum absolute atomic E-state index is 12.5. The van der Waals surface area contributed by atoms with Gasteiger partial charge in [-0.05, 0) is 53.5 Å². The van der Waals surface area contributed by atoms with Crippen LogP contribution in [-0.4, -0.2) is 52.7 Å². The number of ether oxygens (including phenoxy) is 1. The van der Waals surface area contributed by atoms with Gasteiger partial charge < -0.3 is 4.74 Å². The van der Waals surface area contributed by atoms with Crippen molar-refractivity contribution in [3.8, 4) is 0 Å². The Kier molecular flexibility index (Phi) is 6.85. The zero-order chi connectivity index (χ0) is 16.2.